The maximum Gasteiger partial charge on any atom is 0.161 e. The van der Waals surface area contributed by atoms with Crippen LogP contribution in [0.15, 0.2) is 24.8 Å². The molecule has 0 radical (unpaired) electrons. The molecule has 1 atom stereocenters. The molecule has 2 aromatic rings. The summed E-state index contributed by atoms with van der Waals surface area (Å²) in [6.07, 6.45) is 4.56. The maximum absolute atomic E-state index is 12.2. The lowest BCUT2D eigenvalue weighted by Crippen LogP contribution is -2.01. The highest BCUT2D eigenvalue weighted by Crippen LogP contribution is 2.02. The van der Waals surface area contributed by atoms with Crippen LogP contribution in [0.4, 0.5) is 8.78 Å². The summed E-state index contributed by atoms with van der Waals surface area (Å²) < 4.78 is 25.1. The quantitative estimate of drug-likeness (QED) is 0.802. The van der Waals surface area contributed by atoms with E-state index in [1.807, 2.05) is 6.07 Å². The lowest BCUT2D eigenvalue weighted by molar-refractivity contribution is 0.578. The molecule has 2 aromatic heterocycles. The average Bonchev–Trinajstić information content (AvgIpc) is 2.89. The van der Waals surface area contributed by atoms with E-state index in [9.17, 15) is 8.78 Å². The molecule has 0 saturated carbocycles. The molecule has 1 N–H and O–H groups in total. The topological polar surface area (TPSA) is 70.3 Å². The van der Waals surface area contributed by atoms with Crippen LogP contribution in [-0.2, 0) is 0 Å². The minimum absolute atomic E-state index is 0.324. The van der Waals surface area contributed by atoms with Crippen LogP contribution in [0.5, 0.6) is 0 Å². The minimum atomic E-state index is -0.415. The van der Waals surface area contributed by atoms with Gasteiger partial charge in [0, 0.05) is 0 Å². The van der Waals surface area contributed by atoms with Gasteiger partial charge in [0.25, 0.3) is 0 Å². The third-order valence-corrected chi connectivity index (χ3v) is 1.62. The number of aromatic nitrogens is 4. The van der Waals surface area contributed by atoms with E-state index in [-0.39, 0.29) is 5.82 Å². The molecule has 0 amide bonds. The van der Waals surface area contributed by atoms with Gasteiger partial charge < -0.3 is 0 Å². The fraction of sp³-hybridized carbons (Fsp3) is 0.222. The second-order valence-electron chi connectivity index (χ2n) is 2.86. The molecule has 84 valence electrons. The van der Waals surface area contributed by atoms with Gasteiger partial charge in [-0.25, -0.2) is 8.78 Å². The highest BCUT2D eigenvalue weighted by molar-refractivity contribution is 4.91. The van der Waals surface area contributed by atoms with E-state index in [2.05, 4.69) is 15.3 Å². The summed E-state index contributed by atoms with van der Waals surface area (Å²) in [6.45, 7) is 1.65. The van der Waals surface area contributed by atoms with Crippen molar-refractivity contribution >= 4 is 0 Å². The summed E-state index contributed by atoms with van der Waals surface area (Å²) in [7, 11) is 0. The first-order valence-electron chi connectivity index (χ1n) is 4.37. The molecule has 0 aliphatic rings. The molecule has 1 unspecified atom stereocenters. The summed E-state index contributed by atoms with van der Waals surface area (Å²) in [6, 6.07) is 1.53. The van der Waals surface area contributed by atoms with Crippen LogP contribution in [0.1, 0.15) is 13.0 Å². The van der Waals surface area contributed by atoms with Crippen LogP contribution in [0.25, 0.3) is 0 Å². The third-order valence-electron chi connectivity index (χ3n) is 1.62. The molecule has 2 heterocycles. The molecular weight excluding hydrogens is 216 g/mol. The van der Waals surface area contributed by atoms with Gasteiger partial charge in [0.2, 0.25) is 0 Å². The predicted molar refractivity (Wildman–Crippen MR) is 51.1 cm³/mol. The predicted octanol–water partition coefficient (Wildman–Crippen LogP) is 1.66. The van der Waals surface area contributed by atoms with Crippen molar-refractivity contribution in [3.8, 4) is 6.07 Å². The largest absolute Gasteiger partial charge is 0.283 e. The molecule has 0 bridgehead atoms. The Hall–Kier alpha value is -2.23. The van der Waals surface area contributed by atoms with Crippen molar-refractivity contribution in [2.24, 2.45) is 0 Å². The van der Waals surface area contributed by atoms with Gasteiger partial charge in [-0.15, -0.1) is 0 Å². The van der Waals surface area contributed by atoms with Crippen LogP contribution >= 0.6 is 0 Å². The van der Waals surface area contributed by atoms with Gasteiger partial charge in [0.1, 0.15) is 6.04 Å². The Kier molecular flexibility index (Phi) is 4.15. The van der Waals surface area contributed by atoms with Gasteiger partial charge >= 0.3 is 0 Å². The second-order valence-corrected chi connectivity index (χ2v) is 2.86. The zero-order valence-corrected chi connectivity index (χ0v) is 8.43. The monoisotopic (exact) mass is 225 g/mol. The van der Waals surface area contributed by atoms with Crippen molar-refractivity contribution in [3.63, 3.8) is 0 Å². The van der Waals surface area contributed by atoms with Crippen molar-refractivity contribution in [2.75, 3.05) is 0 Å². The van der Waals surface area contributed by atoms with Crippen molar-refractivity contribution in [3.05, 3.63) is 36.4 Å². The van der Waals surface area contributed by atoms with E-state index in [0.29, 0.717) is 0 Å². The van der Waals surface area contributed by atoms with Crippen LogP contribution < -0.4 is 0 Å². The normalized spacial score (nSPS) is 11.1. The molecule has 0 fully saturated rings. The lowest BCUT2D eigenvalue weighted by atomic mass is 10.4. The maximum atomic E-state index is 12.2. The number of rotatable bonds is 1. The molecule has 7 heteroatoms. The number of hydrogen-bond donors (Lipinski definition) is 1. The molecule has 5 nitrogen and oxygen atoms in total. The summed E-state index contributed by atoms with van der Waals surface area (Å²) in [5.41, 5.74) is 0. The summed E-state index contributed by atoms with van der Waals surface area (Å²) >= 11 is 0. The molecule has 0 aliphatic heterocycles. The van der Waals surface area contributed by atoms with Gasteiger partial charge in [0.15, 0.2) is 11.6 Å². The summed E-state index contributed by atoms with van der Waals surface area (Å²) in [5.74, 6) is -0.739. The van der Waals surface area contributed by atoms with Crippen molar-refractivity contribution in [1.29, 1.82) is 5.26 Å². The smallest absolute Gasteiger partial charge is 0.161 e. The number of H-pyrrole nitrogens is 1. The first kappa shape index (κ1) is 11.8. The van der Waals surface area contributed by atoms with Gasteiger partial charge in [-0.1, -0.05) is 0 Å². The van der Waals surface area contributed by atoms with Gasteiger partial charge in [0.05, 0.1) is 30.9 Å². The summed E-state index contributed by atoms with van der Waals surface area (Å²) in [5, 5.41) is 17.6. The Morgan fingerprint density at radius 2 is 2.19 bits per heavy atom. The average molecular weight is 225 g/mol. The van der Waals surface area contributed by atoms with E-state index in [4.69, 9.17) is 5.26 Å². The van der Waals surface area contributed by atoms with Crippen molar-refractivity contribution < 1.29 is 8.78 Å². The summed E-state index contributed by atoms with van der Waals surface area (Å²) in [4.78, 5) is 0. The van der Waals surface area contributed by atoms with Gasteiger partial charge in [-0.3, -0.25) is 9.78 Å². The van der Waals surface area contributed by atoms with Crippen LogP contribution in [0, 0.1) is 23.0 Å². The fourth-order valence-corrected chi connectivity index (χ4v) is 0.821. The zero-order chi connectivity index (χ0) is 12.0. The van der Waals surface area contributed by atoms with Gasteiger partial charge in [-0.05, 0) is 6.92 Å². The van der Waals surface area contributed by atoms with Gasteiger partial charge in [-0.2, -0.15) is 15.5 Å². The number of hydrogen-bond acceptors (Lipinski definition) is 3. The Morgan fingerprint density at radius 3 is 2.50 bits per heavy atom. The van der Waals surface area contributed by atoms with E-state index >= 15 is 0 Å². The minimum Gasteiger partial charge on any atom is -0.283 e. The Morgan fingerprint density at radius 1 is 1.44 bits per heavy atom. The van der Waals surface area contributed by atoms with E-state index in [1.165, 1.54) is 17.1 Å². The zero-order valence-electron chi connectivity index (χ0n) is 8.43. The number of nitriles is 1. The Bertz CT molecular complexity index is 456. The second kappa shape index (κ2) is 5.60. The Balaban J connectivity index is 0.000000181. The van der Waals surface area contributed by atoms with E-state index in [1.54, 1.807) is 6.92 Å². The van der Waals surface area contributed by atoms with Crippen molar-refractivity contribution in [1.82, 2.24) is 20.0 Å². The van der Waals surface area contributed by atoms with Crippen LogP contribution in [0.3, 0.4) is 0 Å². The van der Waals surface area contributed by atoms with Crippen molar-refractivity contribution in [2.45, 2.75) is 13.0 Å². The number of nitrogens with zero attached hydrogens (tertiary/aromatic N) is 4. The first-order chi connectivity index (χ1) is 7.63. The first-order valence-corrected chi connectivity index (χ1v) is 4.37. The lowest BCUT2D eigenvalue weighted by Gasteiger charge is -1.98. The highest BCUT2D eigenvalue weighted by Gasteiger charge is 2.02. The SMILES string of the molecule is CC(C#N)n1cc(F)cn1.Fc1cn[nH]c1. The fourth-order valence-electron chi connectivity index (χ4n) is 0.821. The number of halogens is 2. The highest BCUT2D eigenvalue weighted by atomic mass is 19.1. The molecule has 16 heavy (non-hydrogen) atoms. The molecule has 0 saturated heterocycles. The molecular formula is C9H9F2N5. The third kappa shape index (κ3) is 3.49. The van der Waals surface area contributed by atoms with E-state index in [0.717, 1.165) is 12.4 Å². The number of aromatic amines is 1. The molecule has 0 spiro atoms. The van der Waals surface area contributed by atoms with Crippen LogP contribution in [-0.4, -0.2) is 20.0 Å². The van der Waals surface area contributed by atoms with E-state index < -0.39 is 11.9 Å². The standard InChI is InChI=1S/C6H6FN3.C3H3FN2/c1-5(2-8)10-4-6(7)3-9-10;4-3-1-5-6-2-3/h3-5H,1H3;1-2H,(H,5,6). The molecule has 0 aromatic carbocycles. The number of nitrogens with one attached hydrogen (secondary N) is 1. The molecule has 0 aliphatic carbocycles. The molecule has 2 rings (SSSR count). The van der Waals surface area contributed by atoms with Crippen LogP contribution in [0.2, 0.25) is 0 Å². The Labute approximate surface area is 90.3 Å².